The van der Waals surface area contributed by atoms with Crippen molar-refractivity contribution < 1.29 is 25.8 Å². The fourth-order valence-corrected chi connectivity index (χ4v) is 2.87. The Kier molecular flexibility index (Phi) is 3.77. The van der Waals surface area contributed by atoms with E-state index >= 15 is 0 Å². The summed E-state index contributed by atoms with van der Waals surface area (Å²) in [5.74, 6) is 0. The van der Waals surface area contributed by atoms with Gasteiger partial charge in [-0.05, 0) is 24.3 Å². The van der Waals surface area contributed by atoms with Crippen molar-refractivity contribution in [2.24, 2.45) is 0 Å². The predicted octanol–water partition coefficient (Wildman–Crippen LogP) is 3.17. The molecule has 4 aromatic rings. The highest BCUT2D eigenvalue weighted by atomic mass is 32.2. The van der Waals surface area contributed by atoms with Crippen molar-refractivity contribution in [1.29, 1.82) is 0 Å². The number of aromatic nitrogens is 4. The van der Waals surface area contributed by atoms with Crippen LogP contribution in [0.2, 0.25) is 0 Å². The number of rotatable bonds is 3. The summed E-state index contributed by atoms with van der Waals surface area (Å²) < 4.78 is 65.0. The van der Waals surface area contributed by atoms with Gasteiger partial charge in [0.2, 0.25) is 0 Å². The molecule has 11 heteroatoms. The largest absolute Gasteiger partial charge is 0.534 e. The lowest BCUT2D eigenvalue weighted by Gasteiger charge is -2.08. The number of para-hydroxylation sites is 1. The third-order valence-electron chi connectivity index (χ3n) is 3.73. The lowest BCUT2D eigenvalue weighted by atomic mass is 10.1. The Morgan fingerprint density at radius 1 is 1.00 bits per heavy atom. The number of nitrogens with zero attached hydrogens (tertiary/aromatic N) is 4. The minimum Gasteiger partial charge on any atom is -0.335 e. The molecule has 0 saturated carbocycles. The maximum absolute atomic E-state index is 12.5. The van der Waals surface area contributed by atoms with Crippen LogP contribution in [0.3, 0.4) is 0 Å². The SMILES string of the molecule is O=S(=O)(Oc1ncc2ccc(-c3cnc4ccccc4c3)n2n1)C(F)(F)F. The van der Waals surface area contributed by atoms with Crippen LogP contribution in [-0.2, 0) is 10.1 Å². The van der Waals surface area contributed by atoms with Crippen LogP contribution < -0.4 is 4.18 Å². The predicted molar refractivity (Wildman–Crippen MR) is 89.3 cm³/mol. The van der Waals surface area contributed by atoms with E-state index in [2.05, 4.69) is 19.2 Å². The molecule has 0 N–H and O–H groups in total. The van der Waals surface area contributed by atoms with Crippen molar-refractivity contribution in [1.82, 2.24) is 19.6 Å². The Hall–Kier alpha value is -3.21. The lowest BCUT2D eigenvalue weighted by Crippen LogP contribution is -2.28. The average Bonchev–Trinajstić information content (AvgIpc) is 3.03. The van der Waals surface area contributed by atoms with Gasteiger partial charge >= 0.3 is 21.6 Å². The fraction of sp³-hybridized carbons (Fsp3) is 0.0625. The van der Waals surface area contributed by atoms with Gasteiger partial charge in [0.25, 0.3) is 0 Å². The van der Waals surface area contributed by atoms with Gasteiger partial charge in [-0.25, -0.2) is 4.52 Å². The van der Waals surface area contributed by atoms with Crippen molar-refractivity contribution >= 4 is 26.5 Å². The van der Waals surface area contributed by atoms with Crippen LogP contribution in [0.4, 0.5) is 13.2 Å². The molecule has 0 fully saturated rings. The Balaban J connectivity index is 1.80. The van der Waals surface area contributed by atoms with Crippen molar-refractivity contribution in [3.05, 3.63) is 54.9 Å². The zero-order valence-corrected chi connectivity index (χ0v) is 14.1. The maximum atomic E-state index is 12.5. The quantitative estimate of drug-likeness (QED) is 0.392. The molecule has 4 rings (SSSR count). The molecule has 0 aliphatic carbocycles. The zero-order valence-electron chi connectivity index (χ0n) is 13.3. The van der Waals surface area contributed by atoms with E-state index in [4.69, 9.17) is 0 Å². The van der Waals surface area contributed by atoms with E-state index in [0.717, 1.165) is 17.1 Å². The lowest BCUT2D eigenvalue weighted by molar-refractivity contribution is -0.0503. The van der Waals surface area contributed by atoms with E-state index in [1.54, 1.807) is 18.3 Å². The summed E-state index contributed by atoms with van der Waals surface area (Å²) in [5.41, 5.74) is -3.24. The molecule has 0 amide bonds. The number of hydrogen-bond donors (Lipinski definition) is 0. The second-order valence-corrected chi connectivity index (χ2v) is 7.03. The molecule has 0 aliphatic heterocycles. The number of pyridine rings is 1. The van der Waals surface area contributed by atoms with Gasteiger partial charge < -0.3 is 4.18 Å². The van der Waals surface area contributed by atoms with Crippen molar-refractivity contribution in [3.63, 3.8) is 0 Å². The maximum Gasteiger partial charge on any atom is 0.534 e. The Morgan fingerprint density at radius 3 is 2.56 bits per heavy atom. The summed E-state index contributed by atoms with van der Waals surface area (Å²) in [4.78, 5) is 7.84. The first-order valence-electron chi connectivity index (χ1n) is 7.45. The Labute approximate surface area is 150 Å². The number of hydrogen-bond acceptors (Lipinski definition) is 6. The van der Waals surface area contributed by atoms with Crippen LogP contribution in [0.1, 0.15) is 0 Å². The van der Waals surface area contributed by atoms with Crippen LogP contribution in [0.25, 0.3) is 27.7 Å². The highest BCUT2D eigenvalue weighted by Crippen LogP contribution is 2.27. The first-order chi connectivity index (χ1) is 12.7. The number of halogens is 3. The van der Waals surface area contributed by atoms with E-state index in [0.29, 0.717) is 16.8 Å². The molecule has 0 radical (unpaired) electrons. The smallest absolute Gasteiger partial charge is 0.335 e. The standard InChI is InChI=1S/C16H9F3N4O3S/c17-16(18,19)27(24,25)26-15-21-9-12-5-6-14(23(12)22-15)11-7-10-3-1-2-4-13(10)20-8-11/h1-9H. The zero-order chi connectivity index (χ0) is 19.2. The fourth-order valence-electron chi connectivity index (χ4n) is 2.50. The van der Waals surface area contributed by atoms with Gasteiger partial charge in [-0.15, -0.1) is 5.10 Å². The van der Waals surface area contributed by atoms with E-state index in [1.807, 2.05) is 30.3 Å². The second-order valence-electron chi connectivity index (χ2n) is 5.50. The summed E-state index contributed by atoms with van der Waals surface area (Å²) in [5, 5.41) is 4.62. The van der Waals surface area contributed by atoms with Crippen LogP contribution in [-0.4, -0.2) is 33.5 Å². The van der Waals surface area contributed by atoms with Gasteiger partial charge in [0.1, 0.15) is 0 Å². The molecular weight excluding hydrogens is 385 g/mol. The van der Waals surface area contributed by atoms with Gasteiger partial charge in [0, 0.05) is 17.1 Å². The molecule has 0 spiro atoms. The third kappa shape index (κ3) is 3.05. The second kappa shape index (κ2) is 5.91. The van der Waals surface area contributed by atoms with E-state index < -0.39 is 21.6 Å². The van der Waals surface area contributed by atoms with Crippen LogP contribution in [0, 0.1) is 0 Å². The highest BCUT2D eigenvalue weighted by molar-refractivity contribution is 7.87. The molecule has 27 heavy (non-hydrogen) atoms. The number of alkyl halides is 3. The van der Waals surface area contributed by atoms with Gasteiger partial charge in [-0.1, -0.05) is 18.2 Å². The van der Waals surface area contributed by atoms with E-state index in [1.165, 1.54) is 4.52 Å². The molecule has 1 aromatic carbocycles. The van der Waals surface area contributed by atoms with E-state index in [9.17, 15) is 21.6 Å². The summed E-state index contributed by atoms with van der Waals surface area (Å²) in [6.07, 6.45) is 2.74. The first-order valence-corrected chi connectivity index (χ1v) is 8.86. The van der Waals surface area contributed by atoms with Crippen LogP contribution in [0.15, 0.2) is 54.9 Å². The van der Waals surface area contributed by atoms with Crippen LogP contribution >= 0.6 is 0 Å². The summed E-state index contributed by atoms with van der Waals surface area (Å²) in [7, 11) is -5.86. The molecule has 7 nitrogen and oxygen atoms in total. The average molecular weight is 394 g/mol. The molecule has 0 atom stereocenters. The molecule has 0 unspecified atom stereocenters. The van der Waals surface area contributed by atoms with Crippen molar-refractivity contribution in [2.75, 3.05) is 0 Å². The minimum atomic E-state index is -5.86. The van der Waals surface area contributed by atoms with Crippen molar-refractivity contribution in [2.45, 2.75) is 5.51 Å². The van der Waals surface area contributed by atoms with Crippen LogP contribution in [0.5, 0.6) is 6.01 Å². The van der Waals surface area contributed by atoms with Crippen molar-refractivity contribution in [3.8, 4) is 17.3 Å². The van der Waals surface area contributed by atoms with E-state index in [-0.39, 0.29) is 0 Å². The Morgan fingerprint density at radius 2 is 1.78 bits per heavy atom. The molecule has 3 aromatic heterocycles. The molecule has 0 aliphatic rings. The van der Waals surface area contributed by atoms with Gasteiger partial charge in [0.15, 0.2) is 0 Å². The van der Waals surface area contributed by atoms with Gasteiger partial charge in [-0.2, -0.15) is 26.6 Å². The molecule has 0 saturated heterocycles. The topological polar surface area (TPSA) is 86.5 Å². The first kappa shape index (κ1) is 17.2. The normalized spacial score (nSPS) is 12.6. The molecule has 0 bridgehead atoms. The van der Waals surface area contributed by atoms with Gasteiger partial charge in [-0.3, -0.25) is 4.98 Å². The summed E-state index contributed by atoms with van der Waals surface area (Å²) in [6.45, 7) is 0. The summed E-state index contributed by atoms with van der Waals surface area (Å²) >= 11 is 0. The Bertz CT molecular complexity index is 1270. The van der Waals surface area contributed by atoms with Gasteiger partial charge in [0.05, 0.1) is 22.9 Å². The third-order valence-corrected chi connectivity index (χ3v) is 4.67. The number of fused-ring (bicyclic) bond motifs is 2. The monoisotopic (exact) mass is 394 g/mol. The number of benzene rings is 1. The molecular formula is C16H9F3N4O3S. The minimum absolute atomic E-state index is 0.440. The highest BCUT2D eigenvalue weighted by Gasteiger charge is 2.49. The summed E-state index contributed by atoms with van der Waals surface area (Å²) in [6, 6.07) is 11.6. The molecule has 3 heterocycles. The molecule has 138 valence electrons.